The SMILES string of the molecule is COC(=O)c1nn[nH]c1Oc1ccc(Br)c(OC)c1. The maximum atomic E-state index is 11.4. The second-order valence-electron chi connectivity index (χ2n) is 3.38. The molecule has 0 aliphatic heterocycles. The summed E-state index contributed by atoms with van der Waals surface area (Å²) in [5, 5.41) is 9.59. The lowest BCUT2D eigenvalue weighted by Gasteiger charge is -2.07. The Balaban J connectivity index is 2.26. The number of H-pyrrole nitrogens is 1. The minimum absolute atomic E-state index is 0.0237. The Morgan fingerprint density at radius 1 is 1.37 bits per heavy atom. The van der Waals surface area contributed by atoms with E-state index in [0.29, 0.717) is 11.5 Å². The van der Waals surface area contributed by atoms with Crippen LogP contribution in [0.25, 0.3) is 0 Å². The molecule has 7 nitrogen and oxygen atoms in total. The third kappa shape index (κ3) is 2.84. The number of hydrogen-bond acceptors (Lipinski definition) is 6. The second-order valence-corrected chi connectivity index (χ2v) is 4.23. The number of aromatic amines is 1. The van der Waals surface area contributed by atoms with E-state index < -0.39 is 5.97 Å². The number of aromatic nitrogens is 3. The normalized spacial score (nSPS) is 10.1. The Morgan fingerprint density at radius 2 is 2.16 bits per heavy atom. The molecule has 0 radical (unpaired) electrons. The first-order valence-corrected chi connectivity index (χ1v) is 5.95. The summed E-state index contributed by atoms with van der Waals surface area (Å²) in [5.74, 6) is 0.546. The van der Waals surface area contributed by atoms with Gasteiger partial charge in [0.2, 0.25) is 5.69 Å². The summed E-state index contributed by atoms with van der Waals surface area (Å²) >= 11 is 3.33. The van der Waals surface area contributed by atoms with Crippen LogP contribution in [0.1, 0.15) is 10.5 Å². The zero-order valence-electron chi connectivity index (χ0n) is 10.1. The molecule has 0 unspecified atom stereocenters. The van der Waals surface area contributed by atoms with Crippen LogP contribution in [0.15, 0.2) is 22.7 Å². The molecular weight excluding hydrogens is 318 g/mol. The standard InChI is InChI=1S/C11H10BrN3O4/c1-17-8-5-6(3-4-7(8)12)19-10-9(11(16)18-2)13-15-14-10/h3-5H,1-2H3,(H,13,14,15). The van der Waals surface area contributed by atoms with Crippen LogP contribution < -0.4 is 9.47 Å². The van der Waals surface area contributed by atoms with Gasteiger partial charge in [-0.1, -0.05) is 5.21 Å². The Hall–Kier alpha value is -2.09. The smallest absolute Gasteiger partial charge is 0.364 e. The van der Waals surface area contributed by atoms with E-state index in [0.717, 1.165) is 4.47 Å². The highest BCUT2D eigenvalue weighted by molar-refractivity contribution is 9.10. The minimum atomic E-state index is -0.632. The van der Waals surface area contributed by atoms with Gasteiger partial charge in [-0.05, 0) is 28.1 Å². The molecule has 1 aromatic carbocycles. The lowest BCUT2D eigenvalue weighted by molar-refractivity contribution is 0.0591. The van der Waals surface area contributed by atoms with Crippen LogP contribution in [0.5, 0.6) is 17.4 Å². The van der Waals surface area contributed by atoms with Gasteiger partial charge >= 0.3 is 5.97 Å². The number of carbonyl (C=O) groups is 1. The second kappa shape index (κ2) is 5.70. The largest absolute Gasteiger partial charge is 0.495 e. The first-order valence-electron chi connectivity index (χ1n) is 5.16. The lowest BCUT2D eigenvalue weighted by Crippen LogP contribution is -2.03. The van der Waals surface area contributed by atoms with Crippen molar-refractivity contribution in [3.63, 3.8) is 0 Å². The zero-order valence-corrected chi connectivity index (χ0v) is 11.7. The number of benzene rings is 1. The summed E-state index contributed by atoms with van der Waals surface area (Å²) < 4.78 is 16.0. The van der Waals surface area contributed by atoms with E-state index in [1.165, 1.54) is 7.11 Å². The molecule has 0 saturated carbocycles. The quantitative estimate of drug-likeness (QED) is 0.866. The minimum Gasteiger partial charge on any atom is -0.495 e. The fourth-order valence-electron chi connectivity index (χ4n) is 1.34. The Kier molecular flexibility index (Phi) is 4.00. The molecule has 1 aromatic heterocycles. The Labute approximate surface area is 117 Å². The molecule has 8 heteroatoms. The molecule has 1 heterocycles. The number of carbonyl (C=O) groups excluding carboxylic acids is 1. The van der Waals surface area contributed by atoms with Gasteiger partial charge in [-0.3, -0.25) is 0 Å². The van der Waals surface area contributed by atoms with Gasteiger partial charge in [-0.2, -0.15) is 0 Å². The van der Waals surface area contributed by atoms with Gasteiger partial charge in [0, 0.05) is 6.07 Å². The van der Waals surface area contributed by atoms with Crippen LogP contribution in [0.3, 0.4) is 0 Å². The fraction of sp³-hybridized carbons (Fsp3) is 0.182. The van der Waals surface area contributed by atoms with Crippen LogP contribution in [-0.4, -0.2) is 35.6 Å². The molecule has 100 valence electrons. The van der Waals surface area contributed by atoms with Crippen LogP contribution in [-0.2, 0) is 4.74 Å². The molecule has 0 aliphatic rings. The molecule has 0 spiro atoms. The van der Waals surface area contributed by atoms with Crippen molar-refractivity contribution in [2.45, 2.75) is 0 Å². The highest BCUT2D eigenvalue weighted by Gasteiger charge is 2.18. The predicted octanol–water partition coefficient (Wildman–Crippen LogP) is 2.15. The molecule has 0 saturated heterocycles. The lowest BCUT2D eigenvalue weighted by atomic mass is 10.3. The van der Waals surface area contributed by atoms with E-state index >= 15 is 0 Å². The first-order chi connectivity index (χ1) is 9.15. The van der Waals surface area contributed by atoms with Gasteiger partial charge in [-0.15, -0.1) is 5.10 Å². The van der Waals surface area contributed by atoms with E-state index in [2.05, 4.69) is 36.1 Å². The van der Waals surface area contributed by atoms with Crippen molar-refractivity contribution in [3.05, 3.63) is 28.4 Å². The molecule has 2 aromatic rings. The number of nitrogens with one attached hydrogen (secondary N) is 1. The highest BCUT2D eigenvalue weighted by atomic mass is 79.9. The van der Waals surface area contributed by atoms with E-state index in [9.17, 15) is 4.79 Å². The summed E-state index contributed by atoms with van der Waals surface area (Å²) in [5.41, 5.74) is -0.0237. The summed E-state index contributed by atoms with van der Waals surface area (Å²) in [6, 6.07) is 5.12. The predicted molar refractivity (Wildman–Crippen MR) is 68.5 cm³/mol. The molecule has 0 fully saturated rings. The molecule has 0 bridgehead atoms. The number of hydrogen-bond donors (Lipinski definition) is 1. The molecular formula is C11H10BrN3O4. The number of nitrogens with zero attached hydrogens (tertiary/aromatic N) is 2. The Bertz CT molecular complexity index is 599. The third-order valence-electron chi connectivity index (χ3n) is 2.24. The number of methoxy groups -OCH3 is 2. The summed E-state index contributed by atoms with van der Waals surface area (Å²) in [7, 11) is 2.80. The molecule has 0 amide bonds. The molecule has 1 N–H and O–H groups in total. The van der Waals surface area contributed by atoms with Gasteiger partial charge in [0.1, 0.15) is 11.5 Å². The van der Waals surface area contributed by atoms with Gasteiger partial charge in [0.15, 0.2) is 0 Å². The van der Waals surface area contributed by atoms with Crippen molar-refractivity contribution >= 4 is 21.9 Å². The van der Waals surface area contributed by atoms with E-state index in [-0.39, 0.29) is 11.6 Å². The number of ether oxygens (including phenoxy) is 3. The summed E-state index contributed by atoms with van der Waals surface area (Å²) in [6.07, 6.45) is 0. The van der Waals surface area contributed by atoms with Gasteiger partial charge in [0.05, 0.1) is 18.7 Å². The number of esters is 1. The average molecular weight is 328 g/mol. The van der Waals surface area contributed by atoms with Crippen molar-refractivity contribution in [1.29, 1.82) is 0 Å². The third-order valence-corrected chi connectivity index (χ3v) is 2.89. The van der Waals surface area contributed by atoms with E-state index in [1.807, 2.05) is 0 Å². The average Bonchev–Trinajstić information content (AvgIpc) is 2.88. The van der Waals surface area contributed by atoms with Gasteiger partial charge in [0.25, 0.3) is 5.88 Å². The van der Waals surface area contributed by atoms with Gasteiger partial charge < -0.3 is 14.2 Å². The summed E-state index contributed by atoms with van der Waals surface area (Å²) in [4.78, 5) is 11.4. The highest BCUT2D eigenvalue weighted by Crippen LogP contribution is 2.31. The maximum Gasteiger partial charge on any atom is 0.364 e. The molecule has 2 rings (SSSR count). The fourth-order valence-corrected chi connectivity index (χ4v) is 1.75. The zero-order chi connectivity index (χ0) is 13.8. The van der Waals surface area contributed by atoms with E-state index in [1.54, 1.807) is 25.3 Å². The molecule has 0 atom stereocenters. The monoisotopic (exact) mass is 327 g/mol. The van der Waals surface area contributed by atoms with Gasteiger partial charge in [-0.25, -0.2) is 9.89 Å². The van der Waals surface area contributed by atoms with Crippen molar-refractivity contribution in [3.8, 4) is 17.4 Å². The van der Waals surface area contributed by atoms with Crippen molar-refractivity contribution in [2.24, 2.45) is 0 Å². The molecule has 19 heavy (non-hydrogen) atoms. The van der Waals surface area contributed by atoms with Crippen LogP contribution >= 0.6 is 15.9 Å². The topological polar surface area (TPSA) is 86.3 Å². The van der Waals surface area contributed by atoms with Crippen LogP contribution in [0, 0.1) is 0 Å². The summed E-state index contributed by atoms with van der Waals surface area (Å²) in [6.45, 7) is 0. The van der Waals surface area contributed by atoms with Crippen LogP contribution in [0.2, 0.25) is 0 Å². The Morgan fingerprint density at radius 3 is 2.84 bits per heavy atom. The van der Waals surface area contributed by atoms with Crippen LogP contribution in [0.4, 0.5) is 0 Å². The van der Waals surface area contributed by atoms with Crippen molar-refractivity contribution in [1.82, 2.24) is 15.4 Å². The van der Waals surface area contributed by atoms with E-state index in [4.69, 9.17) is 9.47 Å². The molecule has 0 aliphatic carbocycles. The number of halogens is 1. The van der Waals surface area contributed by atoms with Crippen molar-refractivity contribution in [2.75, 3.05) is 14.2 Å². The maximum absolute atomic E-state index is 11.4. The first kappa shape index (κ1) is 13.3. The number of rotatable bonds is 4. The van der Waals surface area contributed by atoms with Crippen molar-refractivity contribution < 1.29 is 19.0 Å².